The lowest BCUT2D eigenvalue weighted by Crippen LogP contribution is -2.24. The molecule has 7 heteroatoms. The number of rotatable bonds is 7. The van der Waals surface area contributed by atoms with Gasteiger partial charge in [-0.25, -0.2) is 18.7 Å². The second kappa shape index (κ2) is 8.84. The third-order valence-corrected chi connectivity index (χ3v) is 3.91. The van der Waals surface area contributed by atoms with Crippen molar-refractivity contribution in [2.45, 2.75) is 13.0 Å². The second-order valence-corrected chi connectivity index (χ2v) is 5.86. The summed E-state index contributed by atoms with van der Waals surface area (Å²) in [4.78, 5) is 20.3. The van der Waals surface area contributed by atoms with E-state index in [0.29, 0.717) is 24.3 Å². The lowest BCUT2D eigenvalue weighted by Gasteiger charge is -2.07. The molecule has 3 rings (SSSR count). The van der Waals surface area contributed by atoms with Gasteiger partial charge in [0.2, 0.25) is 0 Å². The van der Waals surface area contributed by atoms with Crippen molar-refractivity contribution in [1.29, 1.82) is 0 Å². The van der Waals surface area contributed by atoms with Crippen molar-refractivity contribution in [1.82, 2.24) is 15.3 Å². The van der Waals surface area contributed by atoms with Gasteiger partial charge >= 0.3 is 0 Å². The minimum atomic E-state index is -0.427. The second-order valence-electron chi connectivity index (χ2n) is 5.86. The first-order valence-corrected chi connectivity index (χ1v) is 8.44. The predicted octanol–water partition coefficient (Wildman–Crippen LogP) is 3.34. The van der Waals surface area contributed by atoms with Crippen molar-refractivity contribution in [3.05, 3.63) is 89.4 Å². The van der Waals surface area contributed by atoms with Gasteiger partial charge in [0.15, 0.2) is 0 Å². The summed E-state index contributed by atoms with van der Waals surface area (Å²) in [5.74, 6) is -0.530. The van der Waals surface area contributed by atoms with E-state index < -0.39 is 5.91 Å². The van der Waals surface area contributed by atoms with E-state index >= 15 is 0 Å². The normalized spacial score (nSPS) is 10.4. The van der Waals surface area contributed by atoms with Crippen LogP contribution in [-0.2, 0) is 13.0 Å². The highest BCUT2D eigenvalue weighted by Crippen LogP contribution is 2.07. The molecule has 5 nitrogen and oxygen atoms in total. The van der Waals surface area contributed by atoms with Crippen molar-refractivity contribution in [2.24, 2.45) is 0 Å². The Morgan fingerprint density at radius 2 is 1.74 bits per heavy atom. The molecule has 0 aliphatic heterocycles. The van der Waals surface area contributed by atoms with Crippen LogP contribution in [0.15, 0.2) is 60.9 Å². The first-order valence-electron chi connectivity index (χ1n) is 8.44. The topological polar surface area (TPSA) is 66.9 Å². The van der Waals surface area contributed by atoms with E-state index in [1.807, 2.05) is 0 Å². The first-order chi connectivity index (χ1) is 13.1. The van der Waals surface area contributed by atoms with Crippen LogP contribution in [0.3, 0.4) is 0 Å². The van der Waals surface area contributed by atoms with Crippen molar-refractivity contribution >= 4 is 11.7 Å². The van der Waals surface area contributed by atoms with Crippen LogP contribution >= 0.6 is 0 Å². The van der Waals surface area contributed by atoms with Crippen LogP contribution in [0.4, 0.5) is 14.6 Å². The van der Waals surface area contributed by atoms with Gasteiger partial charge in [0.05, 0.1) is 12.4 Å². The van der Waals surface area contributed by atoms with Crippen molar-refractivity contribution in [3.8, 4) is 0 Å². The number of carbonyl (C=O) groups is 1. The predicted molar refractivity (Wildman–Crippen MR) is 98.2 cm³/mol. The fraction of sp³-hybridized carbons (Fsp3) is 0.150. The maximum atomic E-state index is 13.6. The van der Waals surface area contributed by atoms with Crippen molar-refractivity contribution < 1.29 is 13.6 Å². The Bertz CT molecular complexity index is 899. The zero-order valence-electron chi connectivity index (χ0n) is 14.5. The molecule has 0 fully saturated rings. The van der Waals surface area contributed by atoms with Gasteiger partial charge in [-0.3, -0.25) is 4.79 Å². The van der Waals surface area contributed by atoms with E-state index in [2.05, 4.69) is 20.6 Å². The molecule has 0 spiro atoms. The molecule has 0 aliphatic carbocycles. The summed E-state index contributed by atoms with van der Waals surface area (Å²) in [5.41, 5.74) is 1.55. The van der Waals surface area contributed by atoms with Gasteiger partial charge < -0.3 is 10.6 Å². The zero-order valence-corrected chi connectivity index (χ0v) is 14.5. The number of hydrogen-bond acceptors (Lipinski definition) is 4. The Hall–Kier alpha value is -3.35. The fourth-order valence-electron chi connectivity index (χ4n) is 2.43. The van der Waals surface area contributed by atoms with Crippen molar-refractivity contribution in [3.63, 3.8) is 0 Å². The summed E-state index contributed by atoms with van der Waals surface area (Å²) in [6, 6.07) is 12.5. The minimum absolute atomic E-state index is 0.0743. The van der Waals surface area contributed by atoms with Gasteiger partial charge in [-0.1, -0.05) is 30.3 Å². The van der Waals surface area contributed by atoms with Crippen LogP contribution in [0.2, 0.25) is 0 Å². The summed E-state index contributed by atoms with van der Waals surface area (Å²) >= 11 is 0. The average Bonchev–Trinajstić information content (AvgIpc) is 2.69. The number of halogens is 2. The highest BCUT2D eigenvalue weighted by molar-refractivity contribution is 5.91. The van der Waals surface area contributed by atoms with E-state index in [9.17, 15) is 13.6 Å². The van der Waals surface area contributed by atoms with Gasteiger partial charge in [-0.15, -0.1) is 0 Å². The number of hydrogen-bond donors (Lipinski definition) is 2. The molecular weight excluding hydrogens is 350 g/mol. The molecule has 2 aromatic carbocycles. The zero-order chi connectivity index (χ0) is 19.1. The fourth-order valence-corrected chi connectivity index (χ4v) is 2.43. The smallest absolute Gasteiger partial charge is 0.271 e. The standard InChI is InChI=1S/C20H18F2N4O/c21-16-7-5-14(6-8-16)9-10-23-19-13-24-18(12-25-19)20(27)26-11-15-3-1-2-4-17(15)22/h1-8,12-13H,9-11H2,(H,23,25)(H,26,27). The lowest BCUT2D eigenvalue weighted by atomic mass is 10.1. The molecule has 138 valence electrons. The van der Waals surface area contributed by atoms with E-state index in [0.717, 1.165) is 5.56 Å². The van der Waals surface area contributed by atoms with E-state index in [-0.39, 0.29) is 23.9 Å². The first kappa shape index (κ1) is 18.4. The van der Waals surface area contributed by atoms with Crippen molar-refractivity contribution in [2.75, 3.05) is 11.9 Å². The quantitative estimate of drug-likeness (QED) is 0.671. The number of benzene rings is 2. The number of aromatic nitrogens is 2. The third kappa shape index (κ3) is 5.31. The van der Waals surface area contributed by atoms with E-state index in [4.69, 9.17) is 0 Å². The summed E-state index contributed by atoms with van der Waals surface area (Å²) in [7, 11) is 0. The maximum Gasteiger partial charge on any atom is 0.271 e. The van der Waals surface area contributed by atoms with E-state index in [1.165, 1.54) is 30.6 Å². The SMILES string of the molecule is O=C(NCc1ccccc1F)c1cnc(NCCc2ccc(F)cc2)cn1. The molecule has 1 heterocycles. The molecule has 0 aliphatic rings. The molecule has 0 radical (unpaired) electrons. The molecule has 0 bridgehead atoms. The minimum Gasteiger partial charge on any atom is -0.368 e. The average molecular weight is 368 g/mol. The monoisotopic (exact) mass is 368 g/mol. The summed E-state index contributed by atoms with van der Waals surface area (Å²) in [5, 5.41) is 5.70. The van der Waals surface area contributed by atoms with Crippen LogP contribution in [0.25, 0.3) is 0 Å². The van der Waals surface area contributed by atoms with Gasteiger partial charge in [0, 0.05) is 18.7 Å². The molecule has 0 unspecified atom stereocenters. The Morgan fingerprint density at radius 3 is 2.44 bits per heavy atom. The lowest BCUT2D eigenvalue weighted by molar-refractivity contribution is 0.0945. The highest BCUT2D eigenvalue weighted by Gasteiger charge is 2.09. The van der Waals surface area contributed by atoms with E-state index in [1.54, 1.807) is 30.3 Å². The number of amides is 1. The Kier molecular flexibility index (Phi) is 6.04. The molecule has 1 aromatic heterocycles. The largest absolute Gasteiger partial charge is 0.368 e. The number of carbonyl (C=O) groups excluding carboxylic acids is 1. The highest BCUT2D eigenvalue weighted by atomic mass is 19.1. The molecule has 2 N–H and O–H groups in total. The van der Waals surface area contributed by atoms with Crippen LogP contribution in [0, 0.1) is 11.6 Å². The van der Waals surface area contributed by atoms with Crippen LogP contribution in [0.1, 0.15) is 21.6 Å². The molecule has 3 aromatic rings. The number of nitrogens with zero attached hydrogens (tertiary/aromatic N) is 2. The number of nitrogens with one attached hydrogen (secondary N) is 2. The van der Waals surface area contributed by atoms with Gasteiger partial charge in [-0.05, 0) is 30.2 Å². The molecular formula is C20H18F2N4O. The molecule has 0 atom stereocenters. The summed E-state index contributed by atoms with van der Waals surface area (Å²) in [6.07, 6.45) is 3.52. The molecule has 1 amide bonds. The number of anilines is 1. The molecule has 0 saturated carbocycles. The molecule has 27 heavy (non-hydrogen) atoms. The summed E-state index contributed by atoms with van der Waals surface area (Å²) < 4.78 is 26.4. The van der Waals surface area contributed by atoms with Gasteiger partial charge in [0.1, 0.15) is 23.1 Å². The maximum absolute atomic E-state index is 13.6. The van der Waals surface area contributed by atoms with Crippen LogP contribution < -0.4 is 10.6 Å². The Morgan fingerprint density at radius 1 is 0.963 bits per heavy atom. The third-order valence-electron chi connectivity index (χ3n) is 3.91. The van der Waals surface area contributed by atoms with Crippen LogP contribution in [0.5, 0.6) is 0 Å². The Balaban J connectivity index is 1.48. The van der Waals surface area contributed by atoms with Crippen LogP contribution in [-0.4, -0.2) is 22.4 Å². The molecule has 0 saturated heterocycles. The van der Waals surface area contributed by atoms with Gasteiger partial charge in [0.25, 0.3) is 5.91 Å². The Labute approximate surface area is 155 Å². The van der Waals surface area contributed by atoms with Gasteiger partial charge in [-0.2, -0.15) is 0 Å². The summed E-state index contributed by atoms with van der Waals surface area (Å²) in [6.45, 7) is 0.671.